The molecule has 7 nitrogen and oxygen atoms in total. The molecular weight excluding hydrogens is 387 g/mol. The Bertz CT molecular complexity index is 944. The Hall–Kier alpha value is -3.00. The number of pyridine rings is 1. The number of benzene rings is 1. The minimum absolute atomic E-state index is 0.0268. The largest absolute Gasteiger partial charge is 0.506 e. The van der Waals surface area contributed by atoms with Gasteiger partial charge >= 0.3 is 0 Å². The lowest BCUT2D eigenvalue weighted by molar-refractivity contribution is -0.0545. The molecule has 1 saturated heterocycles. The van der Waals surface area contributed by atoms with Crippen molar-refractivity contribution in [2.45, 2.75) is 45.3 Å². The Morgan fingerprint density at radius 2 is 2.20 bits per heavy atom. The second-order valence-electron chi connectivity index (χ2n) is 7.69. The number of halogens is 1. The summed E-state index contributed by atoms with van der Waals surface area (Å²) in [7, 11) is 0. The summed E-state index contributed by atoms with van der Waals surface area (Å²) in [6, 6.07) is 7.16. The van der Waals surface area contributed by atoms with Crippen LogP contribution in [0.5, 0.6) is 5.75 Å². The van der Waals surface area contributed by atoms with E-state index >= 15 is 4.39 Å². The molecule has 2 aromatic rings. The van der Waals surface area contributed by atoms with Gasteiger partial charge in [0.25, 0.3) is 5.91 Å². The van der Waals surface area contributed by atoms with Crippen LogP contribution in [0.3, 0.4) is 0 Å². The number of nitrogens with zero attached hydrogens (tertiary/aromatic N) is 2. The van der Waals surface area contributed by atoms with E-state index in [-0.39, 0.29) is 30.1 Å². The van der Waals surface area contributed by atoms with Gasteiger partial charge in [-0.15, -0.1) is 0 Å². The average molecular weight is 414 g/mol. The smallest absolute Gasteiger partial charge is 0.274 e. The first-order chi connectivity index (χ1) is 14.2. The van der Waals surface area contributed by atoms with Crippen molar-refractivity contribution in [3.05, 3.63) is 53.6 Å². The highest BCUT2D eigenvalue weighted by atomic mass is 19.1. The van der Waals surface area contributed by atoms with E-state index in [0.717, 1.165) is 12.8 Å². The number of rotatable bonds is 5. The number of hydrogen-bond donors (Lipinski definition) is 3. The van der Waals surface area contributed by atoms with Gasteiger partial charge in [-0.05, 0) is 56.5 Å². The van der Waals surface area contributed by atoms with Crippen molar-refractivity contribution >= 4 is 17.4 Å². The second kappa shape index (κ2) is 8.79. The number of aliphatic imine (C=N–C) groups is 1. The fourth-order valence-electron chi connectivity index (χ4n) is 4.00. The molecule has 0 radical (unpaired) electrons. The number of carbonyl (C=O) groups is 1. The first-order valence-electron chi connectivity index (χ1n) is 9.95. The van der Waals surface area contributed by atoms with Gasteiger partial charge in [0.2, 0.25) is 0 Å². The molecule has 1 aromatic heterocycles. The van der Waals surface area contributed by atoms with Gasteiger partial charge in [-0.1, -0.05) is 13.3 Å². The summed E-state index contributed by atoms with van der Waals surface area (Å²) in [5.74, 6) is -0.574. The molecule has 1 aliphatic rings. The Labute approximate surface area is 175 Å². The summed E-state index contributed by atoms with van der Waals surface area (Å²) in [6.07, 6.45) is 2.73. The Kier molecular flexibility index (Phi) is 6.36. The van der Waals surface area contributed by atoms with Crippen LogP contribution in [-0.2, 0) is 10.3 Å². The minimum Gasteiger partial charge on any atom is -0.506 e. The molecule has 1 aliphatic heterocycles. The quantitative estimate of drug-likeness (QED) is 0.512. The van der Waals surface area contributed by atoms with E-state index in [2.05, 4.69) is 15.3 Å². The lowest BCUT2D eigenvalue weighted by Gasteiger charge is -2.43. The second-order valence-corrected chi connectivity index (χ2v) is 7.69. The van der Waals surface area contributed by atoms with Gasteiger partial charge in [0.15, 0.2) is 0 Å². The number of amidine groups is 1. The molecule has 1 amide bonds. The number of aromatic nitrogens is 1. The van der Waals surface area contributed by atoms with Crippen LogP contribution < -0.4 is 11.1 Å². The number of amides is 1. The maximum absolute atomic E-state index is 15.0. The van der Waals surface area contributed by atoms with Gasteiger partial charge in [0, 0.05) is 11.3 Å². The third-order valence-electron chi connectivity index (χ3n) is 5.42. The zero-order valence-corrected chi connectivity index (χ0v) is 17.4. The monoisotopic (exact) mass is 414 g/mol. The average Bonchev–Trinajstić information content (AvgIpc) is 2.71. The van der Waals surface area contributed by atoms with E-state index in [1.54, 1.807) is 13.0 Å². The summed E-state index contributed by atoms with van der Waals surface area (Å²) in [6.45, 7) is 5.91. The fraction of sp³-hybridized carbons (Fsp3) is 0.409. The molecule has 1 unspecified atom stereocenters. The maximum atomic E-state index is 15.0. The standard InChI is InChI=1S/C22H27FN4O3/c1-4-15-9-13(2)30-12-22(15,27-14(3)24)18-10-16(5-7-19(18)23)26-21(29)20-8-6-17(28)11-25-20/h5-8,10-11,13,15,28H,4,9,12H2,1-3H3,(H2,24,27)(H,26,29)/t13-,15?,22-/m0/s1. The third kappa shape index (κ3) is 4.43. The molecule has 4 N–H and O–H groups in total. The lowest BCUT2D eigenvalue weighted by Crippen LogP contribution is -2.46. The van der Waals surface area contributed by atoms with E-state index in [1.807, 2.05) is 13.8 Å². The number of hydrogen-bond acceptors (Lipinski definition) is 5. The number of ether oxygens (including phenoxy) is 1. The lowest BCUT2D eigenvalue weighted by atomic mass is 9.73. The van der Waals surface area contributed by atoms with E-state index in [1.165, 1.54) is 30.5 Å². The highest BCUT2D eigenvalue weighted by molar-refractivity contribution is 6.02. The van der Waals surface area contributed by atoms with Gasteiger partial charge in [-0.25, -0.2) is 9.37 Å². The van der Waals surface area contributed by atoms with Crippen LogP contribution in [-0.4, -0.2) is 34.5 Å². The van der Waals surface area contributed by atoms with Crippen LogP contribution in [0.25, 0.3) is 0 Å². The summed E-state index contributed by atoms with van der Waals surface area (Å²) in [4.78, 5) is 21.0. The van der Waals surface area contributed by atoms with E-state index < -0.39 is 17.3 Å². The zero-order valence-electron chi connectivity index (χ0n) is 17.4. The molecule has 2 heterocycles. The van der Waals surface area contributed by atoms with Crippen LogP contribution >= 0.6 is 0 Å². The van der Waals surface area contributed by atoms with Crippen molar-refractivity contribution in [2.75, 3.05) is 11.9 Å². The predicted octanol–water partition coefficient (Wildman–Crippen LogP) is 3.59. The summed E-state index contributed by atoms with van der Waals surface area (Å²) < 4.78 is 20.9. The molecule has 160 valence electrons. The van der Waals surface area contributed by atoms with Crippen LogP contribution in [0.15, 0.2) is 41.5 Å². The van der Waals surface area contributed by atoms with E-state index in [0.29, 0.717) is 17.1 Å². The van der Waals surface area contributed by atoms with Crippen LogP contribution in [0.2, 0.25) is 0 Å². The van der Waals surface area contributed by atoms with Crippen molar-refractivity contribution in [2.24, 2.45) is 16.6 Å². The first-order valence-corrected chi connectivity index (χ1v) is 9.95. The van der Waals surface area contributed by atoms with Gasteiger partial charge in [0.05, 0.1) is 24.7 Å². The first kappa shape index (κ1) is 21.7. The Morgan fingerprint density at radius 1 is 1.43 bits per heavy atom. The number of aromatic hydroxyl groups is 1. The van der Waals surface area contributed by atoms with Gasteiger partial charge in [-0.3, -0.25) is 9.79 Å². The number of carbonyl (C=O) groups excluding carboxylic acids is 1. The molecule has 3 rings (SSSR count). The van der Waals surface area contributed by atoms with Gasteiger partial charge < -0.3 is 20.9 Å². The SMILES string of the molecule is CCC1C[C@H](C)OC[C@@]1(/N=C(\C)N)c1cc(NC(=O)c2ccc(O)cn2)ccc1F. The van der Waals surface area contributed by atoms with Crippen molar-refractivity contribution in [1.82, 2.24) is 4.98 Å². The summed E-state index contributed by atoms with van der Waals surface area (Å²) >= 11 is 0. The highest BCUT2D eigenvalue weighted by Gasteiger charge is 2.46. The molecule has 0 aliphatic carbocycles. The molecule has 3 atom stereocenters. The Balaban J connectivity index is 2.00. The third-order valence-corrected chi connectivity index (χ3v) is 5.42. The number of nitrogens with one attached hydrogen (secondary N) is 1. The molecule has 0 bridgehead atoms. The fourth-order valence-corrected chi connectivity index (χ4v) is 4.00. The summed E-state index contributed by atoms with van der Waals surface area (Å²) in [5.41, 5.74) is 5.83. The highest BCUT2D eigenvalue weighted by Crippen LogP contribution is 2.44. The molecule has 0 spiro atoms. The molecule has 8 heteroatoms. The zero-order chi connectivity index (χ0) is 21.9. The van der Waals surface area contributed by atoms with Crippen LogP contribution in [0.4, 0.5) is 10.1 Å². The number of nitrogens with two attached hydrogens (primary N) is 1. The van der Waals surface area contributed by atoms with E-state index in [4.69, 9.17) is 10.5 Å². The van der Waals surface area contributed by atoms with Crippen molar-refractivity contribution in [1.29, 1.82) is 0 Å². The topological polar surface area (TPSA) is 110 Å². The normalized spacial score (nSPS) is 24.5. The van der Waals surface area contributed by atoms with Crippen molar-refractivity contribution < 1.29 is 19.0 Å². The van der Waals surface area contributed by atoms with Crippen LogP contribution in [0, 0.1) is 11.7 Å². The molecule has 0 saturated carbocycles. The predicted molar refractivity (Wildman–Crippen MR) is 113 cm³/mol. The molecule has 1 fully saturated rings. The van der Waals surface area contributed by atoms with E-state index in [9.17, 15) is 9.90 Å². The maximum Gasteiger partial charge on any atom is 0.274 e. The minimum atomic E-state index is -0.971. The van der Waals surface area contributed by atoms with Crippen molar-refractivity contribution in [3.8, 4) is 5.75 Å². The van der Waals surface area contributed by atoms with Gasteiger partial charge in [-0.2, -0.15) is 0 Å². The van der Waals surface area contributed by atoms with Gasteiger partial charge in [0.1, 0.15) is 22.8 Å². The van der Waals surface area contributed by atoms with Crippen molar-refractivity contribution in [3.63, 3.8) is 0 Å². The number of anilines is 1. The molecular formula is C22H27FN4O3. The molecule has 1 aromatic carbocycles. The van der Waals surface area contributed by atoms with Crippen LogP contribution in [0.1, 0.15) is 49.7 Å². The summed E-state index contributed by atoms with van der Waals surface area (Å²) in [5, 5.41) is 12.1. The Morgan fingerprint density at radius 3 is 2.83 bits per heavy atom. The molecule has 30 heavy (non-hydrogen) atoms.